The number of benzene rings is 1. The Labute approximate surface area is 107 Å². The Balaban J connectivity index is 2.34. The maximum Gasteiger partial charge on any atom is 0.153 e. The average molecular weight is 292 g/mol. The molecule has 0 spiro atoms. The summed E-state index contributed by atoms with van der Waals surface area (Å²) in [6.07, 6.45) is 4.81. The Morgan fingerprint density at radius 2 is 2.18 bits per heavy atom. The first-order valence-electron chi connectivity index (χ1n) is 5.06. The van der Waals surface area contributed by atoms with Gasteiger partial charge < -0.3 is 5.11 Å². The van der Waals surface area contributed by atoms with Crippen LogP contribution in [0.4, 0.5) is 0 Å². The van der Waals surface area contributed by atoms with Crippen molar-refractivity contribution in [3.8, 4) is 5.75 Å². The highest BCUT2D eigenvalue weighted by Crippen LogP contribution is 2.29. The van der Waals surface area contributed by atoms with Crippen LogP contribution < -0.4 is 0 Å². The van der Waals surface area contributed by atoms with E-state index in [1.54, 1.807) is 24.5 Å². The Kier molecular flexibility index (Phi) is 3.54. The van der Waals surface area contributed by atoms with E-state index in [0.717, 1.165) is 11.1 Å². The second kappa shape index (κ2) is 5.10. The second-order valence-corrected chi connectivity index (χ2v) is 4.53. The number of carbonyl (C=O) groups is 1. The number of pyridine rings is 1. The van der Waals surface area contributed by atoms with Crippen LogP contribution in [0.2, 0.25) is 0 Å². The summed E-state index contributed by atoms with van der Waals surface area (Å²) >= 11 is 3.23. The van der Waals surface area contributed by atoms with Gasteiger partial charge in [0.25, 0.3) is 0 Å². The third kappa shape index (κ3) is 2.71. The standard InChI is InChI=1S/C13H10BrNO2/c14-12-6-10(5-11(8-16)13(12)17)4-9-2-1-3-15-7-9/h1-3,5-8,17H,4H2. The number of phenolic OH excluding ortho intramolecular Hbond substituents is 1. The lowest BCUT2D eigenvalue weighted by Crippen LogP contribution is -1.92. The first-order valence-corrected chi connectivity index (χ1v) is 5.85. The minimum atomic E-state index is -0.0186. The highest BCUT2D eigenvalue weighted by Gasteiger charge is 2.07. The van der Waals surface area contributed by atoms with Crippen molar-refractivity contribution in [1.29, 1.82) is 0 Å². The van der Waals surface area contributed by atoms with Gasteiger partial charge in [-0.1, -0.05) is 6.07 Å². The second-order valence-electron chi connectivity index (χ2n) is 3.67. The molecule has 1 N–H and O–H groups in total. The molecule has 2 rings (SSSR count). The number of halogens is 1. The van der Waals surface area contributed by atoms with Crippen molar-refractivity contribution >= 4 is 22.2 Å². The molecular weight excluding hydrogens is 282 g/mol. The molecule has 1 heterocycles. The molecule has 0 amide bonds. The number of hydrogen-bond acceptors (Lipinski definition) is 3. The van der Waals surface area contributed by atoms with Gasteiger partial charge in [0, 0.05) is 12.4 Å². The number of phenols is 1. The number of aromatic hydroxyl groups is 1. The number of rotatable bonds is 3. The van der Waals surface area contributed by atoms with Crippen molar-refractivity contribution in [3.63, 3.8) is 0 Å². The predicted molar refractivity (Wildman–Crippen MR) is 68.2 cm³/mol. The smallest absolute Gasteiger partial charge is 0.153 e. The fraction of sp³-hybridized carbons (Fsp3) is 0.0769. The molecule has 86 valence electrons. The van der Waals surface area contributed by atoms with Gasteiger partial charge in [0.15, 0.2) is 6.29 Å². The molecule has 3 nitrogen and oxygen atoms in total. The molecule has 0 fully saturated rings. The van der Waals surface area contributed by atoms with Crippen LogP contribution in [-0.2, 0) is 6.42 Å². The Hall–Kier alpha value is -1.68. The molecule has 0 atom stereocenters. The quantitative estimate of drug-likeness (QED) is 0.885. The molecule has 0 aliphatic heterocycles. The van der Waals surface area contributed by atoms with E-state index < -0.39 is 0 Å². The SMILES string of the molecule is O=Cc1cc(Cc2cccnc2)cc(Br)c1O. The molecule has 0 aliphatic rings. The summed E-state index contributed by atoms with van der Waals surface area (Å²) in [6, 6.07) is 7.31. The molecule has 0 unspecified atom stereocenters. The molecule has 1 aromatic heterocycles. The summed E-state index contributed by atoms with van der Waals surface area (Å²) in [5, 5.41) is 9.60. The largest absolute Gasteiger partial charge is 0.506 e. The van der Waals surface area contributed by atoms with Gasteiger partial charge in [-0.15, -0.1) is 0 Å². The predicted octanol–water partition coefficient (Wildman–Crippen LogP) is 2.95. The zero-order chi connectivity index (χ0) is 12.3. The lowest BCUT2D eigenvalue weighted by molar-refractivity contribution is 0.112. The van der Waals surface area contributed by atoms with Gasteiger partial charge in [0.1, 0.15) is 5.75 Å². The van der Waals surface area contributed by atoms with Gasteiger partial charge in [0.2, 0.25) is 0 Å². The third-order valence-corrected chi connectivity index (χ3v) is 3.02. The van der Waals surface area contributed by atoms with Crippen molar-refractivity contribution in [3.05, 3.63) is 57.8 Å². The zero-order valence-corrected chi connectivity index (χ0v) is 10.5. The van der Waals surface area contributed by atoms with E-state index in [4.69, 9.17) is 0 Å². The number of aldehydes is 1. The number of aromatic nitrogens is 1. The monoisotopic (exact) mass is 291 g/mol. The molecule has 0 radical (unpaired) electrons. The van der Waals surface area contributed by atoms with Crippen molar-refractivity contribution in [2.24, 2.45) is 0 Å². The zero-order valence-electron chi connectivity index (χ0n) is 8.93. The number of carbonyl (C=O) groups excluding carboxylic acids is 1. The summed E-state index contributed by atoms with van der Waals surface area (Å²) in [6.45, 7) is 0. The van der Waals surface area contributed by atoms with Crippen LogP contribution in [0, 0.1) is 0 Å². The van der Waals surface area contributed by atoms with Crippen molar-refractivity contribution in [2.45, 2.75) is 6.42 Å². The van der Waals surface area contributed by atoms with Gasteiger partial charge in [0.05, 0.1) is 10.0 Å². The van der Waals surface area contributed by atoms with Crippen molar-refractivity contribution in [2.75, 3.05) is 0 Å². The van der Waals surface area contributed by atoms with Crippen molar-refractivity contribution in [1.82, 2.24) is 4.98 Å². The minimum absolute atomic E-state index is 0.0186. The topological polar surface area (TPSA) is 50.2 Å². The average Bonchev–Trinajstić information content (AvgIpc) is 2.35. The lowest BCUT2D eigenvalue weighted by Gasteiger charge is -2.06. The van der Waals surface area contributed by atoms with Gasteiger partial charge in [-0.3, -0.25) is 9.78 Å². The molecule has 17 heavy (non-hydrogen) atoms. The summed E-state index contributed by atoms with van der Waals surface area (Å²) in [5.41, 5.74) is 2.30. The molecule has 2 aromatic rings. The van der Waals surface area contributed by atoms with E-state index in [1.165, 1.54) is 0 Å². The van der Waals surface area contributed by atoms with Gasteiger partial charge in [-0.25, -0.2) is 0 Å². The maximum absolute atomic E-state index is 10.8. The van der Waals surface area contributed by atoms with Crippen LogP contribution in [0.1, 0.15) is 21.5 Å². The molecular formula is C13H10BrNO2. The van der Waals surface area contributed by atoms with E-state index in [9.17, 15) is 9.90 Å². The van der Waals surface area contributed by atoms with E-state index in [0.29, 0.717) is 22.7 Å². The molecule has 1 aromatic carbocycles. The summed E-state index contributed by atoms with van der Waals surface area (Å²) in [4.78, 5) is 14.8. The Bertz CT molecular complexity index is 541. The van der Waals surface area contributed by atoms with E-state index in [-0.39, 0.29) is 5.75 Å². The molecule has 0 aliphatic carbocycles. The molecule has 0 saturated carbocycles. The lowest BCUT2D eigenvalue weighted by atomic mass is 10.0. The number of hydrogen-bond donors (Lipinski definition) is 1. The van der Waals surface area contributed by atoms with Crippen LogP contribution in [-0.4, -0.2) is 16.4 Å². The van der Waals surface area contributed by atoms with Crippen LogP contribution >= 0.6 is 15.9 Å². The molecule has 0 saturated heterocycles. The summed E-state index contributed by atoms with van der Waals surface area (Å²) in [5.74, 6) is -0.0186. The van der Waals surface area contributed by atoms with Crippen LogP contribution in [0.5, 0.6) is 5.75 Å². The van der Waals surface area contributed by atoms with Crippen LogP contribution in [0.15, 0.2) is 41.1 Å². The Morgan fingerprint density at radius 1 is 1.35 bits per heavy atom. The fourth-order valence-corrected chi connectivity index (χ4v) is 2.13. The maximum atomic E-state index is 10.8. The summed E-state index contributed by atoms with van der Waals surface area (Å²) in [7, 11) is 0. The number of nitrogens with zero attached hydrogens (tertiary/aromatic N) is 1. The first kappa shape index (κ1) is 11.8. The summed E-state index contributed by atoms with van der Waals surface area (Å²) < 4.78 is 0.529. The molecule has 0 bridgehead atoms. The van der Waals surface area contributed by atoms with E-state index in [2.05, 4.69) is 20.9 Å². The normalized spacial score (nSPS) is 10.2. The highest BCUT2D eigenvalue weighted by atomic mass is 79.9. The van der Waals surface area contributed by atoms with Crippen LogP contribution in [0.3, 0.4) is 0 Å². The highest BCUT2D eigenvalue weighted by molar-refractivity contribution is 9.10. The van der Waals surface area contributed by atoms with Gasteiger partial charge in [-0.2, -0.15) is 0 Å². The van der Waals surface area contributed by atoms with Crippen LogP contribution in [0.25, 0.3) is 0 Å². The van der Waals surface area contributed by atoms with Gasteiger partial charge in [-0.05, 0) is 51.7 Å². The fourth-order valence-electron chi connectivity index (χ4n) is 1.61. The first-order chi connectivity index (χ1) is 8.20. The van der Waals surface area contributed by atoms with E-state index in [1.807, 2.05) is 12.1 Å². The minimum Gasteiger partial charge on any atom is -0.506 e. The Morgan fingerprint density at radius 3 is 2.82 bits per heavy atom. The van der Waals surface area contributed by atoms with E-state index >= 15 is 0 Å². The molecule has 4 heteroatoms. The van der Waals surface area contributed by atoms with Crippen molar-refractivity contribution < 1.29 is 9.90 Å². The van der Waals surface area contributed by atoms with Gasteiger partial charge >= 0.3 is 0 Å². The third-order valence-electron chi connectivity index (χ3n) is 2.41.